The highest BCUT2D eigenvalue weighted by Gasteiger charge is 2.17. The minimum atomic E-state index is -0.252. The van der Waals surface area contributed by atoms with Gasteiger partial charge in [0.1, 0.15) is 5.56 Å². The number of carbonyl (C=O) groups is 1. The summed E-state index contributed by atoms with van der Waals surface area (Å²) in [6.07, 6.45) is 4.14. The van der Waals surface area contributed by atoms with Gasteiger partial charge in [0.15, 0.2) is 10.8 Å². The van der Waals surface area contributed by atoms with Gasteiger partial charge in [-0.15, -0.1) is 11.3 Å². The quantitative estimate of drug-likeness (QED) is 0.601. The van der Waals surface area contributed by atoms with Crippen LogP contribution < -0.4 is 5.32 Å². The van der Waals surface area contributed by atoms with Crippen LogP contribution in [0.3, 0.4) is 0 Å². The first kappa shape index (κ1) is 16.4. The monoisotopic (exact) mass is 363 g/mol. The Labute approximate surface area is 154 Å². The number of carbonyl (C=O) groups excluding carboxylic acids is 1. The molecule has 0 saturated heterocycles. The maximum Gasteiger partial charge on any atom is 0.262 e. The molecule has 6 nitrogen and oxygen atoms in total. The lowest BCUT2D eigenvalue weighted by Crippen LogP contribution is -2.12. The molecular weight excluding hydrogens is 346 g/mol. The molecule has 3 aromatic heterocycles. The van der Waals surface area contributed by atoms with Crippen molar-refractivity contribution in [2.45, 2.75) is 20.3 Å². The van der Waals surface area contributed by atoms with E-state index in [0.717, 1.165) is 22.7 Å². The van der Waals surface area contributed by atoms with Crippen molar-refractivity contribution < 1.29 is 4.79 Å². The van der Waals surface area contributed by atoms with Gasteiger partial charge in [-0.3, -0.25) is 10.1 Å². The number of thiazole rings is 1. The van der Waals surface area contributed by atoms with Crippen LogP contribution in [-0.2, 0) is 6.42 Å². The van der Waals surface area contributed by atoms with E-state index in [1.165, 1.54) is 16.9 Å². The van der Waals surface area contributed by atoms with E-state index < -0.39 is 0 Å². The van der Waals surface area contributed by atoms with Crippen molar-refractivity contribution in [3.8, 4) is 0 Å². The molecule has 0 aliphatic rings. The number of benzene rings is 1. The predicted octanol–water partition coefficient (Wildman–Crippen LogP) is 3.65. The van der Waals surface area contributed by atoms with Crippen molar-refractivity contribution in [3.63, 3.8) is 0 Å². The van der Waals surface area contributed by atoms with Crippen molar-refractivity contribution in [2.75, 3.05) is 5.32 Å². The number of hydrogen-bond donors (Lipinski definition) is 1. The molecule has 4 rings (SSSR count). The molecule has 1 amide bonds. The number of anilines is 1. The van der Waals surface area contributed by atoms with Gasteiger partial charge in [-0.25, -0.2) is 14.5 Å². The van der Waals surface area contributed by atoms with Gasteiger partial charge in [0.05, 0.1) is 6.20 Å². The topological polar surface area (TPSA) is 72.2 Å². The second-order valence-electron chi connectivity index (χ2n) is 6.08. The van der Waals surface area contributed by atoms with E-state index in [4.69, 9.17) is 0 Å². The zero-order valence-corrected chi connectivity index (χ0v) is 15.2. The van der Waals surface area contributed by atoms with Crippen LogP contribution in [0.2, 0.25) is 0 Å². The lowest BCUT2D eigenvalue weighted by molar-refractivity contribution is 0.102. The molecule has 0 radical (unpaired) electrons. The zero-order valence-electron chi connectivity index (χ0n) is 14.4. The number of aromatic nitrogens is 4. The first-order valence-electron chi connectivity index (χ1n) is 8.22. The van der Waals surface area contributed by atoms with Crippen LogP contribution in [0.5, 0.6) is 0 Å². The Morgan fingerprint density at radius 2 is 2.00 bits per heavy atom. The Balaban J connectivity index is 1.54. The smallest absolute Gasteiger partial charge is 0.262 e. The first-order valence-corrected chi connectivity index (χ1v) is 9.04. The fourth-order valence-electron chi connectivity index (χ4n) is 2.84. The van der Waals surface area contributed by atoms with Crippen molar-refractivity contribution in [2.24, 2.45) is 0 Å². The summed E-state index contributed by atoms with van der Waals surface area (Å²) in [4.78, 5) is 22.5. The fraction of sp³-hybridized carbons (Fsp3) is 0.158. The Bertz CT molecular complexity index is 1080. The van der Waals surface area contributed by atoms with Crippen LogP contribution in [0, 0.1) is 13.8 Å². The first-order chi connectivity index (χ1) is 12.6. The van der Waals surface area contributed by atoms with Crippen molar-refractivity contribution in [3.05, 3.63) is 76.2 Å². The lowest BCUT2D eigenvalue weighted by atomic mass is 10.1. The van der Waals surface area contributed by atoms with E-state index in [2.05, 4.69) is 32.5 Å². The van der Waals surface area contributed by atoms with Crippen LogP contribution in [-0.4, -0.2) is 25.5 Å². The van der Waals surface area contributed by atoms with Crippen LogP contribution >= 0.6 is 11.3 Å². The maximum absolute atomic E-state index is 12.6. The molecule has 1 N–H and O–H groups in total. The standard InChI is InChI=1S/C19H17N5OS/c1-12-8-13(2)24-17(22-12)16(11-21-24)18(25)23-19-20-10-15(26-19)9-14-6-4-3-5-7-14/h3-8,10-11H,9H2,1-2H3,(H,20,23,25). The van der Waals surface area contributed by atoms with E-state index in [1.54, 1.807) is 16.9 Å². The summed E-state index contributed by atoms with van der Waals surface area (Å²) in [7, 11) is 0. The van der Waals surface area contributed by atoms with Gasteiger partial charge in [0.2, 0.25) is 0 Å². The van der Waals surface area contributed by atoms with Gasteiger partial charge in [0.25, 0.3) is 5.91 Å². The number of fused-ring (bicyclic) bond motifs is 1. The third-order valence-electron chi connectivity index (χ3n) is 4.02. The fourth-order valence-corrected chi connectivity index (χ4v) is 3.68. The summed E-state index contributed by atoms with van der Waals surface area (Å²) in [5.41, 5.74) is 4.00. The second kappa shape index (κ2) is 6.68. The van der Waals surface area contributed by atoms with Crippen molar-refractivity contribution in [1.29, 1.82) is 0 Å². The molecule has 0 aliphatic heterocycles. The predicted molar refractivity (Wildman–Crippen MR) is 102 cm³/mol. The molecule has 0 aliphatic carbocycles. The number of nitrogens with zero attached hydrogens (tertiary/aromatic N) is 4. The number of amides is 1. The molecule has 26 heavy (non-hydrogen) atoms. The molecule has 7 heteroatoms. The second-order valence-corrected chi connectivity index (χ2v) is 7.20. The number of aryl methyl sites for hydroxylation is 2. The largest absolute Gasteiger partial charge is 0.298 e. The molecule has 3 heterocycles. The van der Waals surface area contributed by atoms with Gasteiger partial charge < -0.3 is 0 Å². The number of nitrogens with one attached hydrogen (secondary N) is 1. The molecule has 0 fully saturated rings. The highest BCUT2D eigenvalue weighted by Crippen LogP contribution is 2.22. The molecule has 130 valence electrons. The molecule has 0 unspecified atom stereocenters. The van der Waals surface area contributed by atoms with Gasteiger partial charge in [-0.05, 0) is 25.5 Å². The number of hydrogen-bond acceptors (Lipinski definition) is 5. The Kier molecular flexibility index (Phi) is 4.22. The summed E-state index contributed by atoms with van der Waals surface area (Å²) in [5.74, 6) is -0.252. The average molecular weight is 363 g/mol. The molecule has 0 saturated carbocycles. The summed E-state index contributed by atoms with van der Waals surface area (Å²) >= 11 is 1.47. The molecule has 1 aromatic carbocycles. The summed E-state index contributed by atoms with van der Waals surface area (Å²) < 4.78 is 1.67. The summed E-state index contributed by atoms with van der Waals surface area (Å²) in [6.45, 7) is 3.84. The third-order valence-corrected chi connectivity index (χ3v) is 4.93. The third kappa shape index (κ3) is 3.21. The van der Waals surface area contributed by atoms with Gasteiger partial charge in [0, 0.05) is 28.9 Å². The Morgan fingerprint density at radius 1 is 1.19 bits per heavy atom. The minimum absolute atomic E-state index is 0.252. The highest BCUT2D eigenvalue weighted by molar-refractivity contribution is 7.15. The van der Waals surface area contributed by atoms with Crippen LogP contribution in [0.25, 0.3) is 5.65 Å². The average Bonchev–Trinajstić information content (AvgIpc) is 3.22. The van der Waals surface area contributed by atoms with Crippen LogP contribution in [0.15, 0.2) is 48.8 Å². The molecule has 0 bridgehead atoms. The maximum atomic E-state index is 12.6. The Hall–Kier alpha value is -3.06. The van der Waals surface area contributed by atoms with Crippen molar-refractivity contribution in [1.82, 2.24) is 19.6 Å². The number of rotatable bonds is 4. The molecule has 0 spiro atoms. The summed E-state index contributed by atoms with van der Waals surface area (Å²) in [5, 5.41) is 7.69. The van der Waals surface area contributed by atoms with Crippen LogP contribution in [0.1, 0.15) is 32.2 Å². The van der Waals surface area contributed by atoms with Crippen molar-refractivity contribution >= 4 is 28.0 Å². The molecule has 4 aromatic rings. The van der Waals surface area contributed by atoms with E-state index in [1.807, 2.05) is 38.1 Å². The van der Waals surface area contributed by atoms with Gasteiger partial charge >= 0.3 is 0 Å². The normalized spacial score (nSPS) is 11.0. The van der Waals surface area contributed by atoms with E-state index in [9.17, 15) is 4.79 Å². The summed E-state index contributed by atoms with van der Waals surface area (Å²) in [6, 6.07) is 12.1. The van der Waals surface area contributed by atoms with Gasteiger partial charge in [-0.2, -0.15) is 5.10 Å². The molecule has 0 atom stereocenters. The Morgan fingerprint density at radius 3 is 2.81 bits per heavy atom. The van der Waals surface area contributed by atoms with E-state index >= 15 is 0 Å². The SMILES string of the molecule is Cc1cc(C)n2ncc(C(=O)Nc3ncc(Cc4ccccc4)s3)c2n1. The zero-order chi connectivity index (χ0) is 18.1. The molecular formula is C19H17N5OS. The minimum Gasteiger partial charge on any atom is -0.298 e. The van der Waals surface area contributed by atoms with Gasteiger partial charge in [-0.1, -0.05) is 30.3 Å². The van der Waals surface area contributed by atoms with Crippen LogP contribution in [0.4, 0.5) is 5.13 Å². The van der Waals surface area contributed by atoms with E-state index in [0.29, 0.717) is 16.3 Å². The van der Waals surface area contributed by atoms with E-state index in [-0.39, 0.29) is 5.91 Å². The highest BCUT2D eigenvalue weighted by atomic mass is 32.1. The lowest BCUT2D eigenvalue weighted by Gasteiger charge is -2.02.